The van der Waals surface area contributed by atoms with E-state index in [1.54, 1.807) is 0 Å². The SMILES string of the molecule is CC1=CC(C)(C)OC2=C1[C@H](CCCCCl)CC=C2. The van der Waals surface area contributed by atoms with Crippen LogP contribution in [-0.4, -0.2) is 11.5 Å². The summed E-state index contributed by atoms with van der Waals surface area (Å²) in [5, 5.41) is 0. The molecule has 0 radical (unpaired) electrons. The molecule has 1 atom stereocenters. The molecule has 1 nitrogen and oxygen atoms in total. The topological polar surface area (TPSA) is 9.23 Å². The molecule has 0 fully saturated rings. The van der Waals surface area contributed by atoms with Crippen molar-refractivity contribution in [2.24, 2.45) is 5.92 Å². The molecule has 1 heterocycles. The van der Waals surface area contributed by atoms with Gasteiger partial charge in [0.25, 0.3) is 0 Å². The molecule has 1 aliphatic carbocycles. The van der Waals surface area contributed by atoms with Gasteiger partial charge in [-0.1, -0.05) is 12.5 Å². The highest BCUT2D eigenvalue weighted by Crippen LogP contribution is 2.40. The number of rotatable bonds is 4. The Hall–Kier alpha value is -0.690. The molecule has 0 bridgehead atoms. The maximum atomic E-state index is 6.08. The van der Waals surface area contributed by atoms with Crippen LogP contribution in [0.1, 0.15) is 46.5 Å². The van der Waals surface area contributed by atoms with Gasteiger partial charge in [-0.25, -0.2) is 0 Å². The highest BCUT2D eigenvalue weighted by Gasteiger charge is 2.30. The second kappa shape index (κ2) is 5.52. The monoisotopic (exact) mass is 266 g/mol. The maximum absolute atomic E-state index is 6.08. The molecule has 1 aliphatic heterocycles. The van der Waals surface area contributed by atoms with Gasteiger partial charge in [-0.05, 0) is 63.7 Å². The Labute approximate surface area is 116 Å². The minimum absolute atomic E-state index is 0.175. The van der Waals surface area contributed by atoms with Crippen LogP contribution in [0.4, 0.5) is 0 Å². The summed E-state index contributed by atoms with van der Waals surface area (Å²) in [7, 11) is 0. The molecular weight excluding hydrogens is 244 g/mol. The van der Waals surface area contributed by atoms with E-state index in [4.69, 9.17) is 16.3 Å². The first-order chi connectivity index (χ1) is 8.53. The van der Waals surface area contributed by atoms with Gasteiger partial charge in [-0.2, -0.15) is 0 Å². The lowest BCUT2D eigenvalue weighted by Gasteiger charge is -2.36. The first kappa shape index (κ1) is 13.7. The molecular formula is C16H23ClO. The highest BCUT2D eigenvalue weighted by atomic mass is 35.5. The third-order valence-corrected chi connectivity index (χ3v) is 3.93. The molecule has 2 aliphatic rings. The number of halogens is 1. The predicted molar refractivity (Wildman–Crippen MR) is 77.8 cm³/mol. The van der Waals surface area contributed by atoms with E-state index in [-0.39, 0.29) is 5.60 Å². The van der Waals surface area contributed by atoms with Crippen molar-refractivity contribution in [2.75, 3.05) is 5.88 Å². The molecule has 0 amide bonds. The van der Waals surface area contributed by atoms with Gasteiger partial charge >= 0.3 is 0 Å². The van der Waals surface area contributed by atoms with Crippen LogP contribution in [0.15, 0.2) is 35.1 Å². The summed E-state index contributed by atoms with van der Waals surface area (Å²) in [5.74, 6) is 2.47. The summed E-state index contributed by atoms with van der Waals surface area (Å²) < 4.78 is 6.08. The van der Waals surface area contributed by atoms with E-state index < -0.39 is 0 Å². The number of hydrogen-bond donors (Lipinski definition) is 0. The Morgan fingerprint density at radius 1 is 1.39 bits per heavy atom. The van der Waals surface area contributed by atoms with Gasteiger partial charge in [0.15, 0.2) is 0 Å². The second-order valence-corrected chi connectivity index (χ2v) is 6.21. The van der Waals surface area contributed by atoms with Crippen molar-refractivity contribution in [3.8, 4) is 0 Å². The Morgan fingerprint density at radius 2 is 2.17 bits per heavy atom. The van der Waals surface area contributed by atoms with Crippen LogP contribution < -0.4 is 0 Å². The standard InChI is InChI=1S/C16H23ClO/c1-12-11-16(2,3)18-14-9-6-8-13(15(12)14)7-4-5-10-17/h6,9,11,13H,4-5,7-8,10H2,1-3H3/t13-/m1/s1. The summed E-state index contributed by atoms with van der Waals surface area (Å²) in [5.41, 5.74) is 2.64. The fourth-order valence-electron chi connectivity index (χ4n) is 3.01. The molecule has 2 heteroatoms. The van der Waals surface area contributed by atoms with Crippen LogP contribution in [0.25, 0.3) is 0 Å². The van der Waals surface area contributed by atoms with Crippen molar-refractivity contribution in [3.05, 3.63) is 35.1 Å². The van der Waals surface area contributed by atoms with Crippen LogP contribution >= 0.6 is 11.6 Å². The third-order valence-electron chi connectivity index (χ3n) is 3.66. The van der Waals surface area contributed by atoms with Crippen molar-refractivity contribution < 1.29 is 4.74 Å². The Kier molecular flexibility index (Phi) is 4.21. The lowest BCUT2D eigenvalue weighted by molar-refractivity contribution is 0.0762. The highest BCUT2D eigenvalue weighted by molar-refractivity contribution is 6.17. The van der Waals surface area contributed by atoms with Gasteiger partial charge in [0.05, 0.1) is 0 Å². The average molecular weight is 267 g/mol. The van der Waals surface area contributed by atoms with E-state index in [1.807, 2.05) is 0 Å². The van der Waals surface area contributed by atoms with E-state index >= 15 is 0 Å². The largest absolute Gasteiger partial charge is 0.483 e. The summed E-state index contributed by atoms with van der Waals surface area (Å²) in [6.07, 6.45) is 11.3. The minimum Gasteiger partial charge on any atom is -0.483 e. The molecule has 0 saturated carbocycles. The molecule has 100 valence electrons. The Balaban J connectivity index is 2.15. The lowest BCUT2D eigenvalue weighted by Crippen LogP contribution is -2.28. The van der Waals surface area contributed by atoms with Crippen molar-refractivity contribution in [1.82, 2.24) is 0 Å². The number of hydrogen-bond acceptors (Lipinski definition) is 1. The molecule has 0 N–H and O–H groups in total. The molecule has 0 saturated heterocycles. The number of alkyl halides is 1. The lowest BCUT2D eigenvalue weighted by atomic mass is 9.80. The zero-order valence-electron chi connectivity index (χ0n) is 11.6. The molecule has 18 heavy (non-hydrogen) atoms. The van der Waals surface area contributed by atoms with Crippen molar-refractivity contribution in [3.63, 3.8) is 0 Å². The van der Waals surface area contributed by atoms with E-state index in [0.717, 1.165) is 24.5 Å². The summed E-state index contributed by atoms with van der Waals surface area (Å²) in [6.45, 7) is 6.45. The average Bonchev–Trinajstić information content (AvgIpc) is 2.27. The van der Waals surface area contributed by atoms with Crippen LogP contribution in [0.2, 0.25) is 0 Å². The molecule has 0 aromatic heterocycles. The number of ether oxygens (including phenoxy) is 1. The van der Waals surface area contributed by atoms with Gasteiger partial charge < -0.3 is 4.74 Å². The Morgan fingerprint density at radius 3 is 2.89 bits per heavy atom. The third kappa shape index (κ3) is 3.00. The number of allylic oxidation sites excluding steroid dienone is 4. The number of unbranched alkanes of at least 4 members (excludes halogenated alkanes) is 1. The zero-order valence-corrected chi connectivity index (χ0v) is 12.4. The molecule has 2 rings (SSSR count). The quantitative estimate of drug-likeness (QED) is 0.515. The van der Waals surface area contributed by atoms with Gasteiger partial charge in [-0.3, -0.25) is 0 Å². The smallest absolute Gasteiger partial charge is 0.124 e. The molecule has 0 spiro atoms. The van der Waals surface area contributed by atoms with Crippen molar-refractivity contribution >= 4 is 11.6 Å². The van der Waals surface area contributed by atoms with Crippen molar-refractivity contribution in [1.29, 1.82) is 0 Å². The first-order valence-electron chi connectivity index (χ1n) is 6.89. The fourth-order valence-corrected chi connectivity index (χ4v) is 3.20. The second-order valence-electron chi connectivity index (χ2n) is 5.83. The van der Waals surface area contributed by atoms with E-state index in [9.17, 15) is 0 Å². The van der Waals surface area contributed by atoms with Crippen molar-refractivity contribution in [2.45, 2.75) is 52.1 Å². The minimum atomic E-state index is -0.175. The predicted octanol–water partition coefficient (Wildman–Crippen LogP) is 4.98. The maximum Gasteiger partial charge on any atom is 0.124 e. The van der Waals surface area contributed by atoms with E-state index in [0.29, 0.717) is 5.92 Å². The molecule has 0 aromatic rings. The van der Waals surface area contributed by atoms with Crippen LogP contribution in [0.3, 0.4) is 0 Å². The Bertz CT molecular complexity index is 401. The van der Waals surface area contributed by atoms with Crippen LogP contribution in [-0.2, 0) is 4.74 Å². The van der Waals surface area contributed by atoms with Crippen LogP contribution in [0.5, 0.6) is 0 Å². The first-order valence-corrected chi connectivity index (χ1v) is 7.42. The van der Waals surface area contributed by atoms with Gasteiger partial charge in [0, 0.05) is 11.5 Å². The summed E-state index contributed by atoms with van der Waals surface area (Å²) in [6, 6.07) is 0. The van der Waals surface area contributed by atoms with Gasteiger partial charge in [0.1, 0.15) is 11.4 Å². The fraction of sp³-hybridized carbons (Fsp3) is 0.625. The van der Waals surface area contributed by atoms with E-state index in [1.165, 1.54) is 24.0 Å². The van der Waals surface area contributed by atoms with Gasteiger partial charge in [0.2, 0.25) is 0 Å². The molecule has 0 aromatic carbocycles. The summed E-state index contributed by atoms with van der Waals surface area (Å²) in [4.78, 5) is 0. The van der Waals surface area contributed by atoms with Crippen LogP contribution in [0, 0.1) is 5.92 Å². The summed E-state index contributed by atoms with van der Waals surface area (Å²) >= 11 is 5.76. The molecule has 0 unspecified atom stereocenters. The normalized spacial score (nSPS) is 25.6. The van der Waals surface area contributed by atoms with Gasteiger partial charge in [-0.15, -0.1) is 11.6 Å². The zero-order chi connectivity index (χ0) is 13.2. The van der Waals surface area contributed by atoms with E-state index in [2.05, 4.69) is 39.0 Å².